The van der Waals surface area contributed by atoms with Gasteiger partial charge in [0.15, 0.2) is 0 Å². The summed E-state index contributed by atoms with van der Waals surface area (Å²) >= 11 is 4.76. The monoisotopic (exact) mass is 326 g/mol. The third-order valence-electron chi connectivity index (χ3n) is 2.16. The molecule has 0 atom stereocenters. The zero-order chi connectivity index (χ0) is 13.0. The molecule has 2 aromatic heterocycles. The highest BCUT2D eigenvalue weighted by molar-refractivity contribution is 9.10. The van der Waals surface area contributed by atoms with Crippen molar-refractivity contribution in [3.05, 3.63) is 39.0 Å². The molecule has 2 rings (SSSR count). The first-order valence-electron chi connectivity index (χ1n) is 5.26. The largest absolute Gasteiger partial charge is 0.330 e. The summed E-state index contributed by atoms with van der Waals surface area (Å²) in [5, 5.41) is 5.37. The van der Waals surface area contributed by atoms with E-state index in [1.165, 1.54) is 11.3 Å². The Morgan fingerprint density at radius 2 is 2.39 bits per heavy atom. The molecule has 7 heteroatoms. The first kappa shape index (κ1) is 13.1. The summed E-state index contributed by atoms with van der Waals surface area (Å²) < 4.78 is 0.732. The Balaban J connectivity index is 2.10. The lowest BCUT2D eigenvalue weighted by molar-refractivity contribution is 0.102. The van der Waals surface area contributed by atoms with Crippen LogP contribution in [0.2, 0.25) is 0 Å². The van der Waals surface area contributed by atoms with Crippen LogP contribution in [0.4, 0.5) is 5.69 Å². The second-order valence-electron chi connectivity index (χ2n) is 3.47. The fourth-order valence-electron chi connectivity index (χ4n) is 1.32. The van der Waals surface area contributed by atoms with Gasteiger partial charge in [0.2, 0.25) is 0 Å². The van der Waals surface area contributed by atoms with Gasteiger partial charge < -0.3 is 11.1 Å². The number of carbonyl (C=O) groups is 1. The lowest BCUT2D eigenvalue weighted by atomic mass is 10.3. The van der Waals surface area contributed by atoms with Crippen LogP contribution in [0.3, 0.4) is 0 Å². The first-order valence-corrected chi connectivity index (χ1v) is 6.93. The van der Waals surface area contributed by atoms with Gasteiger partial charge >= 0.3 is 0 Å². The average Bonchev–Trinajstić information content (AvgIpc) is 2.81. The minimum Gasteiger partial charge on any atom is -0.330 e. The van der Waals surface area contributed by atoms with Crippen molar-refractivity contribution in [3.63, 3.8) is 0 Å². The second kappa shape index (κ2) is 6.03. The highest BCUT2D eigenvalue weighted by atomic mass is 79.9. The average molecular weight is 327 g/mol. The van der Waals surface area contributed by atoms with E-state index in [0.29, 0.717) is 24.3 Å². The van der Waals surface area contributed by atoms with Crippen molar-refractivity contribution in [2.45, 2.75) is 6.42 Å². The maximum atomic E-state index is 11.9. The molecule has 0 spiro atoms. The summed E-state index contributed by atoms with van der Waals surface area (Å²) in [5.41, 5.74) is 6.52. The molecule has 94 valence electrons. The van der Waals surface area contributed by atoms with E-state index in [9.17, 15) is 4.79 Å². The Kier molecular flexibility index (Phi) is 4.40. The van der Waals surface area contributed by atoms with Crippen molar-refractivity contribution in [2.24, 2.45) is 5.73 Å². The summed E-state index contributed by atoms with van der Waals surface area (Å²) in [4.78, 5) is 20.1. The summed E-state index contributed by atoms with van der Waals surface area (Å²) in [6.07, 6.45) is 3.93. The molecular weight excluding hydrogens is 316 g/mol. The van der Waals surface area contributed by atoms with Gasteiger partial charge in [0.25, 0.3) is 5.91 Å². The van der Waals surface area contributed by atoms with E-state index in [-0.39, 0.29) is 5.91 Å². The van der Waals surface area contributed by atoms with Gasteiger partial charge in [-0.2, -0.15) is 0 Å². The molecule has 0 saturated heterocycles. The molecule has 2 aromatic rings. The number of anilines is 1. The number of aromatic nitrogens is 2. The molecule has 18 heavy (non-hydrogen) atoms. The van der Waals surface area contributed by atoms with Crippen molar-refractivity contribution < 1.29 is 4.79 Å². The highest BCUT2D eigenvalue weighted by Gasteiger charge is 2.11. The summed E-state index contributed by atoms with van der Waals surface area (Å²) in [6.45, 7) is 0.532. The van der Waals surface area contributed by atoms with Crippen LogP contribution < -0.4 is 11.1 Å². The van der Waals surface area contributed by atoms with Crippen molar-refractivity contribution in [2.75, 3.05) is 11.9 Å². The Hall–Kier alpha value is -1.31. The summed E-state index contributed by atoms with van der Waals surface area (Å²) in [5.74, 6) is -0.235. The zero-order valence-corrected chi connectivity index (χ0v) is 11.8. The molecule has 0 aliphatic heterocycles. The predicted molar refractivity (Wildman–Crippen MR) is 74.8 cm³/mol. The topological polar surface area (TPSA) is 80.9 Å². The van der Waals surface area contributed by atoms with Crippen molar-refractivity contribution >= 4 is 38.9 Å². The molecule has 0 bridgehead atoms. The van der Waals surface area contributed by atoms with Crippen LogP contribution >= 0.6 is 27.3 Å². The van der Waals surface area contributed by atoms with Gasteiger partial charge in [-0.25, -0.2) is 4.98 Å². The Labute approximate surface area is 117 Å². The quantitative estimate of drug-likeness (QED) is 0.901. The Morgan fingerprint density at radius 1 is 1.56 bits per heavy atom. The number of pyridine rings is 1. The van der Waals surface area contributed by atoms with Crippen LogP contribution in [-0.4, -0.2) is 22.4 Å². The first-order chi connectivity index (χ1) is 8.70. The van der Waals surface area contributed by atoms with Crippen molar-refractivity contribution in [3.8, 4) is 0 Å². The number of rotatable bonds is 4. The van der Waals surface area contributed by atoms with Crippen LogP contribution in [0.1, 0.15) is 15.5 Å². The number of amides is 1. The molecule has 0 unspecified atom stereocenters. The predicted octanol–water partition coefficient (Wildman–Crippen LogP) is 2.05. The minimum atomic E-state index is -0.235. The van der Waals surface area contributed by atoms with E-state index in [2.05, 4.69) is 31.2 Å². The number of thiazole rings is 1. The standard InChI is InChI=1S/C11H11BrN4OS/c12-7-5-14-4-2-8(7)16-11(17)9-6-18-10(15-9)1-3-13/h2,4-6H,1,3,13H2,(H,14,16,17). The lowest BCUT2D eigenvalue weighted by Crippen LogP contribution is -2.13. The molecule has 3 N–H and O–H groups in total. The van der Waals surface area contributed by atoms with Gasteiger partial charge in [-0.3, -0.25) is 9.78 Å². The maximum Gasteiger partial charge on any atom is 0.275 e. The summed E-state index contributed by atoms with van der Waals surface area (Å²) in [7, 11) is 0. The molecule has 0 aliphatic rings. The number of nitrogens with one attached hydrogen (secondary N) is 1. The molecule has 0 fully saturated rings. The molecular formula is C11H11BrN4OS. The van der Waals surface area contributed by atoms with E-state index in [0.717, 1.165) is 9.48 Å². The van der Waals surface area contributed by atoms with Gasteiger partial charge in [0.1, 0.15) is 5.69 Å². The lowest BCUT2D eigenvalue weighted by Gasteiger charge is -2.04. The maximum absolute atomic E-state index is 11.9. The van der Waals surface area contributed by atoms with E-state index >= 15 is 0 Å². The van der Waals surface area contributed by atoms with E-state index in [4.69, 9.17) is 5.73 Å². The summed E-state index contributed by atoms with van der Waals surface area (Å²) in [6, 6.07) is 1.72. The third kappa shape index (κ3) is 3.12. The third-order valence-corrected chi connectivity index (χ3v) is 3.70. The molecule has 1 amide bonds. The van der Waals surface area contributed by atoms with Crippen molar-refractivity contribution in [1.29, 1.82) is 0 Å². The number of hydrogen-bond acceptors (Lipinski definition) is 5. The number of halogens is 1. The van der Waals surface area contributed by atoms with Crippen LogP contribution in [0, 0.1) is 0 Å². The van der Waals surface area contributed by atoms with Crippen LogP contribution in [0.25, 0.3) is 0 Å². The van der Waals surface area contributed by atoms with E-state index < -0.39 is 0 Å². The Morgan fingerprint density at radius 3 is 3.11 bits per heavy atom. The number of nitrogens with zero attached hydrogens (tertiary/aromatic N) is 2. The van der Waals surface area contributed by atoms with Crippen molar-refractivity contribution in [1.82, 2.24) is 9.97 Å². The van der Waals surface area contributed by atoms with Crippen LogP contribution in [0.15, 0.2) is 28.3 Å². The van der Waals surface area contributed by atoms with E-state index in [1.807, 2.05) is 0 Å². The van der Waals surface area contributed by atoms with Gasteiger partial charge in [0.05, 0.1) is 15.2 Å². The minimum absolute atomic E-state index is 0.235. The Bertz CT molecular complexity index is 557. The number of hydrogen-bond donors (Lipinski definition) is 2. The smallest absolute Gasteiger partial charge is 0.275 e. The van der Waals surface area contributed by atoms with Crippen LogP contribution in [-0.2, 0) is 6.42 Å². The van der Waals surface area contributed by atoms with Crippen LogP contribution in [0.5, 0.6) is 0 Å². The van der Waals surface area contributed by atoms with E-state index in [1.54, 1.807) is 23.8 Å². The highest BCUT2D eigenvalue weighted by Crippen LogP contribution is 2.21. The van der Waals surface area contributed by atoms with Gasteiger partial charge in [0, 0.05) is 24.2 Å². The number of carbonyl (C=O) groups excluding carboxylic acids is 1. The molecule has 2 heterocycles. The van der Waals surface area contributed by atoms with Gasteiger partial charge in [-0.1, -0.05) is 0 Å². The molecule has 0 radical (unpaired) electrons. The molecule has 0 aliphatic carbocycles. The van der Waals surface area contributed by atoms with Gasteiger partial charge in [-0.15, -0.1) is 11.3 Å². The molecule has 5 nitrogen and oxygen atoms in total. The second-order valence-corrected chi connectivity index (χ2v) is 5.27. The zero-order valence-electron chi connectivity index (χ0n) is 9.39. The number of nitrogens with two attached hydrogens (primary N) is 1. The normalized spacial score (nSPS) is 10.3. The molecule has 0 saturated carbocycles. The molecule has 0 aromatic carbocycles. The van der Waals surface area contributed by atoms with Gasteiger partial charge in [-0.05, 0) is 28.5 Å². The fourth-order valence-corrected chi connectivity index (χ4v) is 2.46. The SMILES string of the molecule is NCCc1nc(C(=O)Nc2ccncc2Br)cs1. The fraction of sp³-hybridized carbons (Fsp3) is 0.182.